The third-order valence-corrected chi connectivity index (χ3v) is 4.31. The molecule has 1 saturated heterocycles. The third-order valence-electron chi connectivity index (χ3n) is 3.36. The maximum Gasteiger partial charge on any atom is 0.273 e. The first-order valence-corrected chi connectivity index (χ1v) is 6.91. The Morgan fingerprint density at radius 3 is 2.89 bits per heavy atom. The predicted octanol–water partition coefficient (Wildman–Crippen LogP) is 1.79. The van der Waals surface area contributed by atoms with Gasteiger partial charge in [0.15, 0.2) is 5.69 Å². The van der Waals surface area contributed by atoms with E-state index in [1.807, 2.05) is 20.9 Å². The van der Waals surface area contributed by atoms with E-state index in [0.29, 0.717) is 5.69 Å². The number of rotatable bonds is 3. The number of nitrogens with zero attached hydrogens (tertiary/aromatic N) is 2. The fourth-order valence-electron chi connectivity index (χ4n) is 2.09. The van der Waals surface area contributed by atoms with E-state index in [1.165, 1.54) is 0 Å². The average molecular weight is 316 g/mol. The number of carbonyl (C=O) groups excluding carboxylic acids is 1. The molecule has 2 unspecified atom stereocenters. The number of halogens is 1. The minimum atomic E-state index is -0.159. The van der Waals surface area contributed by atoms with E-state index in [1.54, 1.807) is 4.68 Å². The first-order valence-electron chi connectivity index (χ1n) is 6.12. The molecule has 0 radical (unpaired) electrons. The van der Waals surface area contributed by atoms with Crippen LogP contribution in [-0.4, -0.2) is 34.4 Å². The SMILES string of the molecule is Cc1c(Br)c(C(=O)NC(C)C2CCCO2)nn1C. The van der Waals surface area contributed by atoms with Gasteiger partial charge in [-0.3, -0.25) is 9.48 Å². The summed E-state index contributed by atoms with van der Waals surface area (Å²) in [5, 5.41) is 7.16. The Morgan fingerprint density at radius 2 is 2.39 bits per heavy atom. The van der Waals surface area contributed by atoms with Crippen LogP contribution in [0.2, 0.25) is 0 Å². The minimum absolute atomic E-state index is 0.00853. The van der Waals surface area contributed by atoms with Crippen LogP contribution in [0.3, 0.4) is 0 Å². The highest BCUT2D eigenvalue weighted by Gasteiger charge is 2.26. The van der Waals surface area contributed by atoms with Crippen molar-refractivity contribution < 1.29 is 9.53 Å². The van der Waals surface area contributed by atoms with Crippen LogP contribution < -0.4 is 5.32 Å². The van der Waals surface area contributed by atoms with Gasteiger partial charge >= 0.3 is 0 Å². The van der Waals surface area contributed by atoms with Gasteiger partial charge in [-0.1, -0.05) is 0 Å². The zero-order chi connectivity index (χ0) is 13.3. The molecular formula is C12H18BrN3O2. The summed E-state index contributed by atoms with van der Waals surface area (Å²) in [5.41, 5.74) is 1.37. The van der Waals surface area contributed by atoms with Crippen LogP contribution in [0.1, 0.15) is 35.9 Å². The van der Waals surface area contributed by atoms with Gasteiger partial charge in [-0.25, -0.2) is 0 Å². The molecule has 1 aromatic rings. The van der Waals surface area contributed by atoms with Crippen LogP contribution in [0.25, 0.3) is 0 Å². The van der Waals surface area contributed by atoms with Gasteiger partial charge in [-0.2, -0.15) is 5.10 Å². The van der Waals surface area contributed by atoms with Gasteiger partial charge in [0.1, 0.15) is 0 Å². The minimum Gasteiger partial charge on any atom is -0.376 e. The predicted molar refractivity (Wildman–Crippen MR) is 71.5 cm³/mol. The van der Waals surface area contributed by atoms with Gasteiger partial charge in [-0.05, 0) is 42.6 Å². The van der Waals surface area contributed by atoms with Crippen LogP contribution in [0.15, 0.2) is 4.47 Å². The fraction of sp³-hybridized carbons (Fsp3) is 0.667. The molecule has 18 heavy (non-hydrogen) atoms. The first-order chi connectivity index (χ1) is 8.50. The lowest BCUT2D eigenvalue weighted by atomic mass is 10.1. The smallest absolute Gasteiger partial charge is 0.273 e. The number of nitrogens with one attached hydrogen (secondary N) is 1. The lowest BCUT2D eigenvalue weighted by Crippen LogP contribution is -2.41. The summed E-state index contributed by atoms with van der Waals surface area (Å²) in [6.45, 7) is 4.67. The van der Waals surface area contributed by atoms with Gasteiger partial charge < -0.3 is 10.1 Å². The summed E-state index contributed by atoms with van der Waals surface area (Å²) in [5.74, 6) is -0.159. The van der Waals surface area contributed by atoms with Crippen molar-refractivity contribution in [3.8, 4) is 0 Å². The van der Waals surface area contributed by atoms with Crippen molar-refractivity contribution in [3.63, 3.8) is 0 Å². The van der Waals surface area contributed by atoms with Crippen molar-refractivity contribution in [2.45, 2.75) is 38.8 Å². The lowest BCUT2D eigenvalue weighted by Gasteiger charge is -2.19. The second-order valence-corrected chi connectivity index (χ2v) is 5.48. The number of carbonyl (C=O) groups is 1. The molecule has 0 spiro atoms. The largest absolute Gasteiger partial charge is 0.376 e. The molecule has 6 heteroatoms. The topological polar surface area (TPSA) is 56.1 Å². The van der Waals surface area contributed by atoms with Gasteiger partial charge in [-0.15, -0.1) is 0 Å². The van der Waals surface area contributed by atoms with Crippen LogP contribution in [-0.2, 0) is 11.8 Å². The molecule has 0 aromatic carbocycles. The Bertz CT molecular complexity index is 452. The molecule has 5 nitrogen and oxygen atoms in total. The molecular weight excluding hydrogens is 298 g/mol. The molecule has 0 bridgehead atoms. The standard InChI is InChI=1S/C12H18BrN3O2/c1-7(9-5-4-6-18-9)14-12(17)11-10(13)8(2)16(3)15-11/h7,9H,4-6H2,1-3H3,(H,14,17). The zero-order valence-electron chi connectivity index (χ0n) is 10.9. The number of amides is 1. The summed E-state index contributed by atoms with van der Waals surface area (Å²) in [4.78, 5) is 12.1. The highest BCUT2D eigenvalue weighted by Crippen LogP contribution is 2.21. The van der Waals surface area contributed by atoms with Crippen molar-refractivity contribution in [2.75, 3.05) is 6.61 Å². The molecule has 1 amide bonds. The number of aromatic nitrogens is 2. The van der Waals surface area contributed by atoms with Crippen molar-refractivity contribution in [2.24, 2.45) is 7.05 Å². The lowest BCUT2D eigenvalue weighted by molar-refractivity contribution is 0.0708. The number of hydrogen-bond acceptors (Lipinski definition) is 3. The fourth-order valence-corrected chi connectivity index (χ4v) is 2.61. The first kappa shape index (κ1) is 13.5. The highest BCUT2D eigenvalue weighted by atomic mass is 79.9. The molecule has 1 N–H and O–H groups in total. The molecule has 1 aromatic heterocycles. The van der Waals surface area contributed by atoms with Crippen molar-refractivity contribution in [3.05, 3.63) is 15.9 Å². The molecule has 0 aliphatic carbocycles. The Labute approximate surface area is 115 Å². The molecule has 100 valence electrons. The maximum absolute atomic E-state index is 12.1. The molecule has 1 aliphatic rings. The molecule has 2 rings (SSSR count). The Morgan fingerprint density at radius 1 is 1.67 bits per heavy atom. The summed E-state index contributed by atoms with van der Waals surface area (Å²) in [7, 11) is 1.82. The zero-order valence-corrected chi connectivity index (χ0v) is 12.5. The van der Waals surface area contributed by atoms with Crippen molar-refractivity contribution >= 4 is 21.8 Å². The van der Waals surface area contributed by atoms with Gasteiger partial charge in [0.2, 0.25) is 0 Å². The second-order valence-electron chi connectivity index (χ2n) is 4.69. The Hall–Kier alpha value is -0.880. The van der Waals surface area contributed by atoms with E-state index < -0.39 is 0 Å². The van der Waals surface area contributed by atoms with Gasteiger partial charge in [0.25, 0.3) is 5.91 Å². The Kier molecular flexibility index (Phi) is 4.07. The molecule has 1 fully saturated rings. The molecule has 2 atom stereocenters. The second kappa shape index (κ2) is 5.40. The van der Waals surface area contributed by atoms with E-state index in [0.717, 1.165) is 29.6 Å². The van der Waals surface area contributed by atoms with E-state index >= 15 is 0 Å². The van der Waals surface area contributed by atoms with E-state index in [9.17, 15) is 4.79 Å². The van der Waals surface area contributed by atoms with E-state index in [4.69, 9.17) is 4.74 Å². The normalized spacial score (nSPS) is 21.0. The summed E-state index contributed by atoms with van der Waals surface area (Å²) in [6.07, 6.45) is 2.19. The van der Waals surface area contributed by atoms with Crippen molar-refractivity contribution in [1.82, 2.24) is 15.1 Å². The molecule has 0 saturated carbocycles. The van der Waals surface area contributed by atoms with E-state index in [-0.39, 0.29) is 18.1 Å². The number of ether oxygens (including phenoxy) is 1. The number of aryl methyl sites for hydroxylation is 1. The van der Waals surface area contributed by atoms with Crippen LogP contribution in [0, 0.1) is 6.92 Å². The van der Waals surface area contributed by atoms with Crippen LogP contribution in [0.5, 0.6) is 0 Å². The molecule has 1 aliphatic heterocycles. The monoisotopic (exact) mass is 315 g/mol. The van der Waals surface area contributed by atoms with E-state index in [2.05, 4.69) is 26.3 Å². The maximum atomic E-state index is 12.1. The highest BCUT2D eigenvalue weighted by molar-refractivity contribution is 9.10. The van der Waals surface area contributed by atoms with Gasteiger partial charge in [0.05, 0.1) is 22.3 Å². The van der Waals surface area contributed by atoms with Crippen LogP contribution >= 0.6 is 15.9 Å². The average Bonchev–Trinajstić information content (AvgIpc) is 2.94. The van der Waals surface area contributed by atoms with Crippen molar-refractivity contribution in [1.29, 1.82) is 0 Å². The Balaban J connectivity index is 2.04. The summed E-state index contributed by atoms with van der Waals surface area (Å²) < 4.78 is 8.00. The summed E-state index contributed by atoms with van der Waals surface area (Å²) in [6, 6.07) is 0.00853. The quantitative estimate of drug-likeness (QED) is 0.925. The molecule has 2 heterocycles. The number of hydrogen-bond donors (Lipinski definition) is 1. The summed E-state index contributed by atoms with van der Waals surface area (Å²) >= 11 is 3.40. The third kappa shape index (κ3) is 2.59. The van der Waals surface area contributed by atoms with Crippen LogP contribution in [0.4, 0.5) is 0 Å². The van der Waals surface area contributed by atoms with Gasteiger partial charge in [0, 0.05) is 13.7 Å².